The highest BCUT2D eigenvalue weighted by Gasteiger charge is 2.14. The maximum Gasteiger partial charge on any atom is 0.250 e. The van der Waals surface area contributed by atoms with Crippen LogP contribution in [0, 0.1) is 6.92 Å². The van der Waals surface area contributed by atoms with E-state index in [1.807, 2.05) is 55.5 Å². The molecule has 4 aromatic rings. The lowest BCUT2D eigenvalue weighted by molar-refractivity contribution is 0.356. The minimum Gasteiger partial charge on any atom is -0.337 e. The second-order valence-corrected chi connectivity index (χ2v) is 6.36. The molecule has 2 heterocycles. The molecule has 0 aliphatic carbocycles. The zero-order valence-corrected chi connectivity index (χ0v) is 14.9. The highest BCUT2D eigenvalue weighted by atomic mass is 79.9. The van der Waals surface area contributed by atoms with Gasteiger partial charge in [0, 0.05) is 15.6 Å². The Bertz CT molecular complexity index is 1010. The summed E-state index contributed by atoms with van der Waals surface area (Å²) < 4.78 is 6.23. The molecule has 0 saturated heterocycles. The largest absolute Gasteiger partial charge is 0.337 e. The summed E-state index contributed by atoms with van der Waals surface area (Å²) in [5.41, 5.74) is 2.93. The second-order valence-electron chi connectivity index (χ2n) is 5.50. The number of rotatable bonds is 4. The van der Waals surface area contributed by atoms with E-state index in [-0.39, 0.29) is 6.54 Å². The van der Waals surface area contributed by atoms with Crippen LogP contribution in [0.4, 0.5) is 0 Å². The molecule has 2 aromatic heterocycles. The summed E-state index contributed by atoms with van der Waals surface area (Å²) in [6.07, 6.45) is 0. The van der Waals surface area contributed by atoms with Crippen molar-refractivity contribution in [3.63, 3.8) is 0 Å². The number of tetrazole rings is 1. The van der Waals surface area contributed by atoms with E-state index in [1.54, 1.807) is 0 Å². The summed E-state index contributed by atoms with van der Waals surface area (Å²) in [6, 6.07) is 15.6. The van der Waals surface area contributed by atoms with E-state index in [1.165, 1.54) is 4.80 Å². The Morgan fingerprint density at radius 1 is 1.08 bits per heavy atom. The molecule has 7 nitrogen and oxygen atoms in total. The number of halogens is 1. The fourth-order valence-electron chi connectivity index (χ4n) is 2.36. The molecule has 124 valence electrons. The average Bonchev–Trinajstić information content (AvgIpc) is 3.26. The Morgan fingerprint density at radius 3 is 2.72 bits per heavy atom. The van der Waals surface area contributed by atoms with Gasteiger partial charge in [-0.1, -0.05) is 57.5 Å². The molecule has 2 aromatic carbocycles. The first-order valence-electron chi connectivity index (χ1n) is 7.61. The average molecular weight is 397 g/mol. The van der Waals surface area contributed by atoms with Crippen molar-refractivity contribution < 1.29 is 4.52 Å². The Kier molecular flexibility index (Phi) is 4.10. The van der Waals surface area contributed by atoms with Crippen LogP contribution < -0.4 is 0 Å². The van der Waals surface area contributed by atoms with Gasteiger partial charge < -0.3 is 4.52 Å². The first-order chi connectivity index (χ1) is 12.2. The van der Waals surface area contributed by atoms with Gasteiger partial charge in [0.2, 0.25) is 11.6 Å². The Balaban J connectivity index is 1.55. The summed E-state index contributed by atoms with van der Waals surface area (Å²) in [6.45, 7) is 2.28. The van der Waals surface area contributed by atoms with Crippen molar-refractivity contribution in [2.75, 3.05) is 0 Å². The maximum atomic E-state index is 5.31. The van der Waals surface area contributed by atoms with Crippen LogP contribution in [0.25, 0.3) is 22.8 Å². The lowest BCUT2D eigenvalue weighted by Gasteiger charge is -1.99. The molecule has 0 aliphatic heterocycles. The van der Waals surface area contributed by atoms with Crippen LogP contribution in [-0.2, 0) is 6.54 Å². The van der Waals surface area contributed by atoms with E-state index in [0.717, 1.165) is 21.2 Å². The first kappa shape index (κ1) is 15.6. The van der Waals surface area contributed by atoms with Gasteiger partial charge in [0.15, 0.2) is 0 Å². The van der Waals surface area contributed by atoms with Crippen molar-refractivity contribution in [3.8, 4) is 22.8 Å². The van der Waals surface area contributed by atoms with E-state index >= 15 is 0 Å². The van der Waals surface area contributed by atoms with Gasteiger partial charge in [-0.3, -0.25) is 0 Å². The van der Waals surface area contributed by atoms with Crippen LogP contribution in [0.2, 0.25) is 0 Å². The molecule has 0 radical (unpaired) electrons. The first-order valence-corrected chi connectivity index (χ1v) is 8.41. The fraction of sp³-hybridized carbons (Fsp3) is 0.118. The van der Waals surface area contributed by atoms with Gasteiger partial charge in [-0.25, -0.2) is 0 Å². The van der Waals surface area contributed by atoms with Gasteiger partial charge >= 0.3 is 0 Å². The third-order valence-corrected chi connectivity index (χ3v) is 4.25. The predicted molar refractivity (Wildman–Crippen MR) is 94.5 cm³/mol. The summed E-state index contributed by atoms with van der Waals surface area (Å²) >= 11 is 3.53. The zero-order chi connectivity index (χ0) is 17.2. The van der Waals surface area contributed by atoms with Gasteiger partial charge in [0.25, 0.3) is 5.89 Å². The smallest absolute Gasteiger partial charge is 0.250 e. The topological polar surface area (TPSA) is 82.5 Å². The summed E-state index contributed by atoms with van der Waals surface area (Å²) in [4.78, 5) is 5.85. The van der Waals surface area contributed by atoms with Gasteiger partial charge in [0.05, 0.1) is 0 Å². The standard InChI is InChI=1S/C17H13BrN6O/c1-11-7-8-13(14(18)9-11)17-19-15(25-22-17)10-24-21-16(20-23-24)12-5-3-2-4-6-12/h2-9H,10H2,1H3. The van der Waals surface area contributed by atoms with Crippen LogP contribution in [0.1, 0.15) is 11.5 Å². The summed E-state index contributed by atoms with van der Waals surface area (Å²) in [7, 11) is 0. The van der Waals surface area contributed by atoms with Gasteiger partial charge in [-0.2, -0.15) is 9.78 Å². The van der Waals surface area contributed by atoms with Crippen molar-refractivity contribution >= 4 is 15.9 Å². The molecule has 4 rings (SSSR count). The van der Waals surface area contributed by atoms with Crippen molar-refractivity contribution in [1.82, 2.24) is 30.3 Å². The molecule has 8 heteroatoms. The number of benzene rings is 2. The molecule has 0 N–H and O–H groups in total. The van der Waals surface area contributed by atoms with E-state index < -0.39 is 0 Å². The highest BCUT2D eigenvalue weighted by molar-refractivity contribution is 9.10. The molecule has 0 fully saturated rings. The molecular weight excluding hydrogens is 384 g/mol. The van der Waals surface area contributed by atoms with Crippen LogP contribution in [0.5, 0.6) is 0 Å². The Labute approximate surface area is 151 Å². The van der Waals surface area contributed by atoms with E-state index in [2.05, 4.69) is 41.5 Å². The monoisotopic (exact) mass is 396 g/mol. The van der Waals surface area contributed by atoms with E-state index in [4.69, 9.17) is 4.52 Å². The third-order valence-electron chi connectivity index (χ3n) is 3.60. The lowest BCUT2D eigenvalue weighted by Crippen LogP contribution is -2.04. The molecule has 0 atom stereocenters. The number of aromatic nitrogens is 6. The summed E-state index contributed by atoms with van der Waals surface area (Å²) in [5, 5.41) is 16.5. The maximum absolute atomic E-state index is 5.31. The number of nitrogens with zero attached hydrogens (tertiary/aromatic N) is 6. The quantitative estimate of drug-likeness (QED) is 0.524. The number of hydrogen-bond donors (Lipinski definition) is 0. The van der Waals surface area contributed by atoms with E-state index in [0.29, 0.717) is 17.5 Å². The molecule has 25 heavy (non-hydrogen) atoms. The molecule has 0 amide bonds. The molecule has 0 aliphatic rings. The van der Waals surface area contributed by atoms with Gasteiger partial charge in [-0.05, 0) is 29.8 Å². The minimum absolute atomic E-state index is 0.260. The van der Waals surface area contributed by atoms with Gasteiger partial charge in [-0.15, -0.1) is 10.2 Å². The van der Waals surface area contributed by atoms with Crippen molar-refractivity contribution in [3.05, 3.63) is 64.5 Å². The number of hydrogen-bond acceptors (Lipinski definition) is 6. The molecule has 0 saturated carbocycles. The molecule has 0 unspecified atom stereocenters. The van der Waals surface area contributed by atoms with E-state index in [9.17, 15) is 0 Å². The van der Waals surface area contributed by atoms with Crippen LogP contribution in [-0.4, -0.2) is 30.3 Å². The zero-order valence-electron chi connectivity index (χ0n) is 13.3. The normalized spacial score (nSPS) is 11.0. The lowest BCUT2D eigenvalue weighted by atomic mass is 10.1. The highest BCUT2D eigenvalue weighted by Crippen LogP contribution is 2.27. The van der Waals surface area contributed by atoms with Crippen molar-refractivity contribution in [1.29, 1.82) is 0 Å². The molecular formula is C17H13BrN6O. The van der Waals surface area contributed by atoms with Crippen LogP contribution in [0.15, 0.2) is 57.5 Å². The summed E-state index contributed by atoms with van der Waals surface area (Å²) in [5.74, 6) is 1.49. The minimum atomic E-state index is 0.260. The van der Waals surface area contributed by atoms with Crippen LogP contribution in [0.3, 0.4) is 0 Å². The predicted octanol–water partition coefficient (Wildman–Crippen LogP) is 3.51. The second kappa shape index (κ2) is 6.56. The Morgan fingerprint density at radius 2 is 1.92 bits per heavy atom. The fourth-order valence-corrected chi connectivity index (χ4v) is 3.03. The number of aryl methyl sites for hydroxylation is 1. The molecule has 0 bridgehead atoms. The third kappa shape index (κ3) is 3.34. The van der Waals surface area contributed by atoms with Crippen molar-refractivity contribution in [2.45, 2.75) is 13.5 Å². The molecule has 0 spiro atoms. The van der Waals surface area contributed by atoms with Crippen LogP contribution >= 0.6 is 15.9 Å². The van der Waals surface area contributed by atoms with Crippen molar-refractivity contribution in [2.24, 2.45) is 0 Å². The Hall–Kier alpha value is -2.87. The SMILES string of the molecule is Cc1ccc(-c2noc(Cn3nnc(-c4ccccc4)n3)n2)c(Br)c1. The van der Waals surface area contributed by atoms with Gasteiger partial charge in [0.1, 0.15) is 6.54 Å².